The molecule has 0 atom stereocenters. The van der Waals surface area contributed by atoms with Crippen LogP contribution in [0.5, 0.6) is 23.0 Å². The Morgan fingerprint density at radius 2 is 1.39 bits per heavy atom. The molecule has 0 saturated heterocycles. The van der Waals surface area contributed by atoms with Crippen molar-refractivity contribution in [1.82, 2.24) is 0 Å². The Morgan fingerprint density at radius 1 is 0.929 bits per heavy atom. The zero-order chi connectivity index (χ0) is 19.8. The summed E-state index contributed by atoms with van der Waals surface area (Å²) in [7, 11) is 2.86. The van der Waals surface area contributed by atoms with Gasteiger partial charge in [-0.1, -0.05) is 18.2 Å². The van der Waals surface area contributed by atoms with Gasteiger partial charge in [0.1, 0.15) is 0 Å². The molecule has 0 spiro atoms. The van der Waals surface area contributed by atoms with Gasteiger partial charge in [0.2, 0.25) is 0 Å². The molecule has 0 fully saturated rings. The molecule has 3 N–H and O–H groups in total. The smallest absolute Gasteiger partial charge is 1.00 e. The number of hydrogen-bond acceptors (Lipinski definition) is 6. The van der Waals surface area contributed by atoms with E-state index in [2.05, 4.69) is 6.08 Å². The minimum atomic E-state index is -0.535. The van der Waals surface area contributed by atoms with Crippen molar-refractivity contribution >= 4 is 66.8 Å². The molecule has 0 heterocycles. The number of phenolic OH excluding ortho intramolecular Hbond substituents is 2. The summed E-state index contributed by atoms with van der Waals surface area (Å²) >= 11 is 0. The molecule has 2 rings (SSSR count). The predicted molar refractivity (Wildman–Crippen MR) is 109 cm³/mol. The molecule has 0 unspecified atom stereocenters. The van der Waals surface area contributed by atoms with Gasteiger partial charge in [-0.05, 0) is 35.4 Å². The van der Waals surface area contributed by atoms with Crippen molar-refractivity contribution in [1.29, 1.82) is 0 Å². The number of carbonyl (C=O) groups excluding carboxylic acids is 1. The molecule has 2 aromatic carbocycles. The molecule has 0 radical (unpaired) electrons. The summed E-state index contributed by atoms with van der Waals surface area (Å²) in [5.41, 5.74) is 1.31. The van der Waals surface area contributed by atoms with Gasteiger partial charge in [-0.15, -0.1) is 24.3 Å². The minimum absolute atomic E-state index is 0. The van der Waals surface area contributed by atoms with Crippen molar-refractivity contribution < 1.29 is 31.0 Å². The number of hydrogen-bond donors (Lipinski definition) is 3. The van der Waals surface area contributed by atoms with Gasteiger partial charge in [0.25, 0.3) is 0 Å². The van der Waals surface area contributed by atoms with E-state index in [0.29, 0.717) is 22.6 Å². The van der Waals surface area contributed by atoms with Crippen molar-refractivity contribution in [2.24, 2.45) is 0 Å². The SMILES string of the molecule is COc1cc(/C=C/C(=O)[C-]=C(O)/C=C/c2ccc(O)c(OC)c2)ccc1O.[Ba+2].[H-]. The van der Waals surface area contributed by atoms with Crippen LogP contribution in [0.25, 0.3) is 12.2 Å². The van der Waals surface area contributed by atoms with Crippen LogP contribution in [-0.2, 0) is 4.79 Å². The summed E-state index contributed by atoms with van der Waals surface area (Å²) in [6, 6.07) is 9.31. The molecular formula is C21H20BaO6. The number of aliphatic hydroxyl groups is 1. The summed E-state index contributed by atoms with van der Waals surface area (Å²) in [6.45, 7) is 0. The Hall–Kier alpha value is -2.10. The number of rotatable bonds is 7. The Balaban J connectivity index is 0.00000392. The van der Waals surface area contributed by atoms with Crippen molar-refractivity contribution in [3.8, 4) is 23.0 Å². The van der Waals surface area contributed by atoms with Gasteiger partial charge in [-0.25, -0.2) is 0 Å². The Morgan fingerprint density at radius 3 is 1.86 bits per heavy atom. The second-order valence-electron chi connectivity index (χ2n) is 5.40. The first-order valence-electron chi connectivity index (χ1n) is 7.90. The molecule has 0 aliphatic rings. The van der Waals surface area contributed by atoms with Crippen molar-refractivity contribution in [3.63, 3.8) is 0 Å². The van der Waals surface area contributed by atoms with E-state index in [9.17, 15) is 20.1 Å². The maximum Gasteiger partial charge on any atom is 2.00 e. The number of aliphatic hydroxyl groups excluding tert-OH is 1. The summed E-state index contributed by atoms with van der Waals surface area (Å²) < 4.78 is 9.99. The summed E-state index contributed by atoms with van der Waals surface area (Å²) in [5.74, 6) is -0.284. The summed E-state index contributed by atoms with van der Waals surface area (Å²) in [5, 5.41) is 28.9. The van der Waals surface area contributed by atoms with Crippen LogP contribution in [0.4, 0.5) is 0 Å². The quantitative estimate of drug-likeness (QED) is 0.176. The van der Waals surface area contributed by atoms with E-state index in [1.54, 1.807) is 30.3 Å². The molecule has 0 bridgehead atoms. The minimum Gasteiger partial charge on any atom is -1.00 e. The average Bonchev–Trinajstić information content (AvgIpc) is 2.66. The Labute approximate surface area is 205 Å². The Bertz CT molecular complexity index is 921. The van der Waals surface area contributed by atoms with E-state index in [1.807, 2.05) is 0 Å². The number of benzene rings is 2. The molecule has 2 aromatic rings. The van der Waals surface area contributed by atoms with Gasteiger partial charge >= 0.3 is 48.9 Å². The van der Waals surface area contributed by atoms with E-state index in [-0.39, 0.29) is 67.6 Å². The normalized spacial score (nSPS) is 11.4. The van der Waals surface area contributed by atoms with Gasteiger partial charge in [0, 0.05) is 5.76 Å². The molecule has 7 heteroatoms. The zero-order valence-corrected chi connectivity index (χ0v) is 20.0. The van der Waals surface area contributed by atoms with Crippen molar-refractivity contribution in [3.05, 3.63) is 71.5 Å². The van der Waals surface area contributed by atoms with Crippen LogP contribution in [-0.4, -0.2) is 84.2 Å². The molecule has 0 saturated carbocycles. The van der Waals surface area contributed by atoms with Crippen LogP contribution in [0, 0.1) is 6.08 Å². The van der Waals surface area contributed by atoms with Gasteiger partial charge in [-0.2, -0.15) is 0 Å². The van der Waals surface area contributed by atoms with Gasteiger partial charge in [-0.3, -0.25) is 0 Å². The van der Waals surface area contributed by atoms with Crippen LogP contribution in [0.15, 0.2) is 54.3 Å². The van der Waals surface area contributed by atoms with E-state index in [4.69, 9.17) is 9.47 Å². The fourth-order valence-corrected chi connectivity index (χ4v) is 2.15. The second-order valence-corrected chi connectivity index (χ2v) is 5.40. The summed E-state index contributed by atoms with van der Waals surface area (Å²) in [6.07, 6.45) is 7.90. The average molecular weight is 506 g/mol. The molecule has 28 heavy (non-hydrogen) atoms. The van der Waals surface area contributed by atoms with Gasteiger partial charge in [0.05, 0.1) is 20.0 Å². The zero-order valence-electron chi connectivity index (χ0n) is 16.5. The van der Waals surface area contributed by atoms with Crippen LogP contribution in [0.3, 0.4) is 0 Å². The van der Waals surface area contributed by atoms with Crippen LogP contribution in [0.2, 0.25) is 0 Å². The number of methoxy groups -OCH3 is 2. The molecule has 142 valence electrons. The first-order valence-corrected chi connectivity index (χ1v) is 7.90. The van der Waals surface area contributed by atoms with Crippen LogP contribution >= 0.6 is 0 Å². The van der Waals surface area contributed by atoms with Crippen LogP contribution < -0.4 is 9.47 Å². The monoisotopic (exact) mass is 506 g/mol. The van der Waals surface area contributed by atoms with E-state index in [0.717, 1.165) is 0 Å². The first-order chi connectivity index (χ1) is 12.9. The molecule has 6 nitrogen and oxygen atoms in total. The number of ether oxygens (including phenoxy) is 2. The Kier molecular flexibility index (Phi) is 9.99. The molecule has 0 aromatic heterocycles. The number of phenols is 2. The fraction of sp³-hybridized carbons (Fsp3) is 0.0952. The molecule has 0 amide bonds. The predicted octanol–water partition coefficient (Wildman–Crippen LogP) is 3.39. The van der Waals surface area contributed by atoms with Crippen molar-refractivity contribution in [2.45, 2.75) is 0 Å². The number of aromatic hydroxyl groups is 2. The maximum atomic E-state index is 11.9. The topological polar surface area (TPSA) is 96.2 Å². The van der Waals surface area contributed by atoms with Gasteiger partial charge < -0.3 is 31.0 Å². The second kappa shape index (κ2) is 11.7. The largest absolute Gasteiger partial charge is 2.00 e. The van der Waals surface area contributed by atoms with E-state index < -0.39 is 5.78 Å². The summed E-state index contributed by atoms with van der Waals surface area (Å²) in [4.78, 5) is 11.9. The van der Waals surface area contributed by atoms with Gasteiger partial charge in [0.15, 0.2) is 23.0 Å². The van der Waals surface area contributed by atoms with E-state index in [1.165, 1.54) is 44.6 Å². The maximum absolute atomic E-state index is 11.9. The number of allylic oxidation sites excluding steroid dienone is 3. The van der Waals surface area contributed by atoms with Crippen LogP contribution in [0.1, 0.15) is 12.6 Å². The third-order valence-corrected chi connectivity index (χ3v) is 3.52. The fourth-order valence-electron chi connectivity index (χ4n) is 2.15. The number of ketones is 1. The molecular weight excluding hydrogens is 486 g/mol. The third kappa shape index (κ3) is 7.14. The third-order valence-electron chi connectivity index (χ3n) is 3.52. The van der Waals surface area contributed by atoms with Crippen molar-refractivity contribution in [2.75, 3.05) is 14.2 Å². The standard InChI is InChI=1S/C21H19O6.Ba.H/c1-26-20-11-14(5-9-18(20)24)3-7-16(22)13-17(23)8-4-15-6-10-19(25)21(12-15)27-2;;/h3-12,22,24-25H,1-2H3;;/q-1;+2;-1/b7-3+,8-4+;;. The van der Waals surface area contributed by atoms with E-state index >= 15 is 0 Å². The molecule has 0 aliphatic carbocycles. The number of carbonyl (C=O) groups is 1. The molecule has 0 aliphatic heterocycles. The first kappa shape index (κ1) is 23.9.